The summed E-state index contributed by atoms with van der Waals surface area (Å²) < 4.78 is 19.0. The number of morpholine rings is 1. The number of halogens is 2. The SMILES string of the molecule is Cc1cc(C(=O)N2CCOC(c3nn[nH]n3)C2)c(Cl)cc1F. The molecule has 0 aliphatic carbocycles. The maximum absolute atomic E-state index is 13.5. The van der Waals surface area contributed by atoms with Crippen LogP contribution in [0, 0.1) is 12.7 Å². The number of carbonyl (C=O) groups excluding carboxylic acids is 1. The number of benzene rings is 1. The number of tetrazole rings is 1. The van der Waals surface area contributed by atoms with Crippen LogP contribution in [-0.4, -0.2) is 51.1 Å². The number of H-pyrrole nitrogens is 1. The molecule has 2 aromatic rings. The van der Waals surface area contributed by atoms with Crippen molar-refractivity contribution < 1.29 is 13.9 Å². The minimum Gasteiger partial charge on any atom is -0.366 e. The topological polar surface area (TPSA) is 84.0 Å². The monoisotopic (exact) mass is 325 g/mol. The number of hydrogen-bond donors (Lipinski definition) is 1. The van der Waals surface area contributed by atoms with Crippen molar-refractivity contribution in [3.63, 3.8) is 0 Å². The van der Waals surface area contributed by atoms with Gasteiger partial charge in [0.1, 0.15) is 11.9 Å². The molecule has 0 bridgehead atoms. The standard InChI is InChI=1S/C13H13ClFN5O2/c1-7-4-8(9(14)5-10(7)15)13(21)20-2-3-22-11(6-20)12-16-18-19-17-12/h4-5,11H,2-3,6H2,1H3,(H,16,17,18,19). The molecule has 1 aromatic carbocycles. The van der Waals surface area contributed by atoms with Crippen LogP contribution in [-0.2, 0) is 4.74 Å². The molecule has 1 amide bonds. The summed E-state index contributed by atoms with van der Waals surface area (Å²) in [6.45, 7) is 2.64. The predicted molar refractivity (Wildman–Crippen MR) is 74.9 cm³/mol. The molecule has 1 fully saturated rings. The van der Waals surface area contributed by atoms with Gasteiger partial charge in [-0.1, -0.05) is 16.8 Å². The number of rotatable bonds is 2. The summed E-state index contributed by atoms with van der Waals surface area (Å²) in [5.74, 6) is -0.322. The third-order valence-corrected chi connectivity index (χ3v) is 3.79. The minimum absolute atomic E-state index is 0.0932. The van der Waals surface area contributed by atoms with Gasteiger partial charge in [-0.2, -0.15) is 5.21 Å². The highest BCUT2D eigenvalue weighted by Crippen LogP contribution is 2.25. The van der Waals surface area contributed by atoms with Crippen molar-refractivity contribution in [1.29, 1.82) is 0 Å². The molecule has 3 rings (SSSR count). The number of amides is 1. The number of nitrogens with zero attached hydrogens (tertiary/aromatic N) is 4. The maximum atomic E-state index is 13.5. The van der Waals surface area contributed by atoms with E-state index in [4.69, 9.17) is 16.3 Å². The van der Waals surface area contributed by atoms with Gasteiger partial charge in [-0.15, -0.1) is 10.2 Å². The van der Waals surface area contributed by atoms with Crippen LogP contribution >= 0.6 is 11.6 Å². The van der Waals surface area contributed by atoms with Gasteiger partial charge in [0.25, 0.3) is 5.91 Å². The lowest BCUT2D eigenvalue weighted by molar-refractivity contribution is -0.0268. The molecule has 7 nitrogen and oxygen atoms in total. The zero-order chi connectivity index (χ0) is 15.7. The zero-order valence-electron chi connectivity index (χ0n) is 11.7. The van der Waals surface area contributed by atoms with Crippen molar-refractivity contribution >= 4 is 17.5 Å². The molecule has 1 unspecified atom stereocenters. The summed E-state index contributed by atoms with van der Waals surface area (Å²) in [7, 11) is 0. The number of aromatic nitrogens is 4. The third-order valence-electron chi connectivity index (χ3n) is 3.48. The average molecular weight is 326 g/mol. The Kier molecular flexibility index (Phi) is 4.04. The largest absolute Gasteiger partial charge is 0.366 e. The van der Waals surface area contributed by atoms with Gasteiger partial charge in [-0.3, -0.25) is 4.79 Å². The molecular weight excluding hydrogens is 313 g/mol. The Labute approximate surface area is 130 Å². The Morgan fingerprint density at radius 3 is 3.09 bits per heavy atom. The highest BCUT2D eigenvalue weighted by molar-refractivity contribution is 6.33. The molecular formula is C13H13ClFN5O2. The Hall–Kier alpha value is -2.06. The summed E-state index contributed by atoms with van der Waals surface area (Å²) in [5, 5.41) is 13.6. The van der Waals surface area contributed by atoms with Crippen molar-refractivity contribution in [2.45, 2.75) is 13.0 Å². The number of nitrogens with one attached hydrogen (secondary N) is 1. The zero-order valence-corrected chi connectivity index (χ0v) is 12.5. The van der Waals surface area contributed by atoms with Gasteiger partial charge in [0.15, 0.2) is 0 Å². The average Bonchev–Trinajstić information content (AvgIpc) is 3.05. The fraction of sp³-hybridized carbons (Fsp3) is 0.385. The van der Waals surface area contributed by atoms with Gasteiger partial charge in [0, 0.05) is 6.54 Å². The van der Waals surface area contributed by atoms with Crippen LogP contribution in [0.25, 0.3) is 0 Å². The van der Waals surface area contributed by atoms with Crippen molar-refractivity contribution in [2.24, 2.45) is 0 Å². The first-order chi connectivity index (χ1) is 10.6. The lowest BCUT2D eigenvalue weighted by Gasteiger charge is -2.31. The predicted octanol–water partition coefficient (Wildman–Crippen LogP) is 1.51. The Bertz CT molecular complexity index is 694. The highest BCUT2D eigenvalue weighted by atomic mass is 35.5. The van der Waals surface area contributed by atoms with Crippen LogP contribution < -0.4 is 0 Å². The van der Waals surface area contributed by atoms with E-state index in [9.17, 15) is 9.18 Å². The Balaban J connectivity index is 1.81. The van der Waals surface area contributed by atoms with Crippen LogP contribution in [0.4, 0.5) is 4.39 Å². The molecule has 0 spiro atoms. The van der Waals surface area contributed by atoms with E-state index < -0.39 is 11.9 Å². The van der Waals surface area contributed by atoms with E-state index in [-0.39, 0.29) is 23.0 Å². The minimum atomic E-state index is -0.447. The van der Waals surface area contributed by atoms with Gasteiger partial charge in [-0.25, -0.2) is 4.39 Å². The normalized spacial score (nSPS) is 18.5. The lowest BCUT2D eigenvalue weighted by Crippen LogP contribution is -2.42. The number of aryl methyl sites for hydroxylation is 1. The molecule has 1 atom stereocenters. The second-order valence-corrected chi connectivity index (χ2v) is 5.37. The highest BCUT2D eigenvalue weighted by Gasteiger charge is 2.29. The van der Waals surface area contributed by atoms with Crippen LogP contribution in [0.1, 0.15) is 27.8 Å². The summed E-state index contributed by atoms with van der Waals surface area (Å²) in [5.41, 5.74) is 0.644. The van der Waals surface area contributed by atoms with E-state index in [2.05, 4.69) is 20.6 Å². The van der Waals surface area contributed by atoms with E-state index in [1.807, 2.05) is 0 Å². The molecule has 1 N–H and O–H groups in total. The van der Waals surface area contributed by atoms with Gasteiger partial charge in [-0.05, 0) is 24.6 Å². The van der Waals surface area contributed by atoms with Crippen LogP contribution in [0.5, 0.6) is 0 Å². The van der Waals surface area contributed by atoms with Gasteiger partial charge < -0.3 is 9.64 Å². The fourth-order valence-corrected chi connectivity index (χ4v) is 2.52. The first-order valence-corrected chi connectivity index (χ1v) is 7.04. The molecule has 2 heterocycles. The first kappa shape index (κ1) is 14.9. The smallest absolute Gasteiger partial charge is 0.255 e. The molecule has 1 aliphatic heterocycles. The molecule has 116 valence electrons. The van der Waals surface area contributed by atoms with Crippen molar-refractivity contribution in [2.75, 3.05) is 19.7 Å². The van der Waals surface area contributed by atoms with E-state index in [0.717, 1.165) is 6.07 Å². The molecule has 1 saturated heterocycles. The van der Waals surface area contributed by atoms with Crippen molar-refractivity contribution in [3.05, 3.63) is 39.9 Å². The summed E-state index contributed by atoms with van der Waals surface area (Å²) >= 11 is 5.99. The number of hydrogen-bond acceptors (Lipinski definition) is 5. The number of aromatic amines is 1. The van der Waals surface area contributed by atoms with E-state index in [1.165, 1.54) is 6.07 Å². The van der Waals surface area contributed by atoms with Crippen molar-refractivity contribution in [3.8, 4) is 0 Å². The molecule has 9 heteroatoms. The molecule has 1 aromatic heterocycles. The number of ether oxygens (including phenoxy) is 1. The van der Waals surface area contributed by atoms with Crippen LogP contribution in [0.15, 0.2) is 12.1 Å². The van der Waals surface area contributed by atoms with Gasteiger partial charge in [0.2, 0.25) is 5.82 Å². The summed E-state index contributed by atoms with van der Waals surface area (Å²) in [4.78, 5) is 14.2. The fourth-order valence-electron chi connectivity index (χ4n) is 2.29. The third kappa shape index (κ3) is 2.79. The second kappa shape index (κ2) is 5.98. The van der Waals surface area contributed by atoms with Crippen molar-refractivity contribution in [1.82, 2.24) is 25.5 Å². The second-order valence-electron chi connectivity index (χ2n) is 4.96. The Morgan fingerprint density at radius 2 is 2.36 bits per heavy atom. The van der Waals surface area contributed by atoms with E-state index >= 15 is 0 Å². The van der Waals surface area contributed by atoms with E-state index in [0.29, 0.717) is 24.5 Å². The van der Waals surface area contributed by atoms with Crippen LogP contribution in [0.3, 0.4) is 0 Å². The first-order valence-electron chi connectivity index (χ1n) is 6.66. The Morgan fingerprint density at radius 1 is 1.55 bits per heavy atom. The number of carbonyl (C=O) groups is 1. The van der Waals surface area contributed by atoms with Gasteiger partial charge >= 0.3 is 0 Å². The van der Waals surface area contributed by atoms with E-state index in [1.54, 1.807) is 11.8 Å². The molecule has 1 aliphatic rings. The molecule has 22 heavy (non-hydrogen) atoms. The molecule has 0 radical (unpaired) electrons. The lowest BCUT2D eigenvalue weighted by atomic mass is 10.1. The molecule has 0 saturated carbocycles. The van der Waals surface area contributed by atoms with Crippen LogP contribution in [0.2, 0.25) is 5.02 Å². The quantitative estimate of drug-likeness (QED) is 0.905. The van der Waals surface area contributed by atoms with Gasteiger partial charge in [0.05, 0.1) is 23.7 Å². The summed E-state index contributed by atoms with van der Waals surface area (Å²) in [6.07, 6.45) is -0.447. The maximum Gasteiger partial charge on any atom is 0.255 e. The summed E-state index contributed by atoms with van der Waals surface area (Å²) in [6, 6.07) is 2.61.